The van der Waals surface area contributed by atoms with Gasteiger partial charge in [-0.2, -0.15) is 0 Å². The van der Waals surface area contributed by atoms with Crippen molar-refractivity contribution >= 4 is 56.6 Å². The van der Waals surface area contributed by atoms with Crippen molar-refractivity contribution in [1.82, 2.24) is 8.97 Å². The quantitative estimate of drug-likeness (QED) is 0.156. The lowest BCUT2D eigenvalue weighted by atomic mass is 9.29. The predicted octanol–water partition coefficient (Wildman–Crippen LogP) is 10.7. The fourth-order valence-corrected chi connectivity index (χ4v) is 10.9. The number of hydrogen-bond acceptors (Lipinski definition) is 1. The van der Waals surface area contributed by atoms with E-state index in [-0.39, 0.29) is 24.0 Å². The minimum absolute atomic E-state index is 0.0598. The fraction of sp³-hybridized carbons (Fsp3) is 0.200. The molecule has 2 bridgehead atoms. The maximum Gasteiger partial charge on any atom is 0.251 e. The van der Waals surface area contributed by atoms with Gasteiger partial charge < -0.3 is 4.90 Å². The van der Waals surface area contributed by atoms with Crippen LogP contribution in [-0.4, -0.2) is 15.7 Å². The van der Waals surface area contributed by atoms with E-state index in [2.05, 4.69) is 178 Å². The van der Waals surface area contributed by atoms with Crippen molar-refractivity contribution in [3.8, 4) is 5.69 Å². The van der Waals surface area contributed by atoms with Gasteiger partial charge in [0.25, 0.3) is 6.71 Å². The van der Waals surface area contributed by atoms with Gasteiger partial charge in [0.2, 0.25) is 0 Å². The molecule has 0 fully saturated rings. The van der Waals surface area contributed by atoms with Gasteiger partial charge in [-0.1, -0.05) is 99.0 Å². The molecule has 6 aromatic carbocycles. The minimum Gasteiger partial charge on any atom is -0.314 e. The first-order valence-corrected chi connectivity index (χ1v) is 19.6. The molecule has 5 aliphatic rings. The molecule has 3 aliphatic carbocycles. The van der Waals surface area contributed by atoms with Gasteiger partial charge >= 0.3 is 0 Å². The summed E-state index contributed by atoms with van der Waals surface area (Å²) in [7, 11) is 0. The van der Waals surface area contributed by atoms with Gasteiger partial charge in [0.05, 0.1) is 16.6 Å². The highest BCUT2D eigenvalue weighted by Crippen LogP contribution is 2.60. The van der Waals surface area contributed by atoms with Crippen molar-refractivity contribution < 1.29 is 0 Å². The van der Waals surface area contributed by atoms with Crippen LogP contribution >= 0.6 is 0 Å². The molecule has 0 spiro atoms. The van der Waals surface area contributed by atoms with E-state index in [1.54, 1.807) is 5.47 Å². The third kappa shape index (κ3) is 3.60. The number of para-hydroxylation sites is 1. The Bertz CT molecular complexity index is 2990. The summed E-state index contributed by atoms with van der Waals surface area (Å²) in [6, 6.07) is 44.9. The van der Waals surface area contributed by atoms with Gasteiger partial charge in [-0.15, -0.1) is 0 Å². The highest BCUT2D eigenvalue weighted by atomic mass is 15.2. The standard InChI is InChI=1S/C50H42BN3/c1-27-21-37-38(22-28(27)2)53-39-23-29(3)30(4)24-40(39)54-42-26-31(50(5,6)7)25-41-46(42)51(45(37)49(53)54)47-43-33-17-11-13-19-35(33)44(36-20-14-12-18-34(36)43)48(47)52(41)32-15-9-8-10-16-32/h8-26,43-44H,1-7H3. The van der Waals surface area contributed by atoms with Gasteiger partial charge in [-0.25, -0.2) is 0 Å². The Balaban J connectivity index is 1.34. The van der Waals surface area contributed by atoms with Crippen molar-refractivity contribution in [3.05, 3.63) is 177 Å². The molecule has 0 saturated carbocycles. The van der Waals surface area contributed by atoms with E-state index in [0.29, 0.717) is 0 Å². The van der Waals surface area contributed by atoms with Crippen LogP contribution in [0.25, 0.3) is 33.3 Å². The zero-order chi connectivity index (χ0) is 36.5. The van der Waals surface area contributed by atoms with Gasteiger partial charge in [0.1, 0.15) is 5.65 Å². The molecule has 54 heavy (non-hydrogen) atoms. The van der Waals surface area contributed by atoms with Crippen molar-refractivity contribution in [1.29, 1.82) is 0 Å². The Morgan fingerprint density at radius 2 is 1.07 bits per heavy atom. The van der Waals surface area contributed by atoms with Crippen LogP contribution in [0.1, 0.15) is 82.7 Å². The summed E-state index contributed by atoms with van der Waals surface area (Å²) >= 11 is 0. The van der Waals surface area contributed by atoms with Crippen molar-refractivity contribution in [3.63, 3.8) is 0 Å². The van der Waals surface area contributed by atoms with Gasteiger partial charge in [-0.05, 0) is 142 Å². The highest BCUT2D eigenvalue weighted by Gasteiger charge is 2.54. The first-order valence-electron chi connectivity index (χ1n) is 19.6. The summed E-state index contributed by atoms with van der Waals surface area (Å²) in [5.74, 6) is 0.271. The molecule has 0 N–H and O–H groups in total. The maximum absolute atomic E-state index is 2.69. The number of allylic oxidation sites excluding steroid dienone is 2. The van der Waals surface area contributed by atoms with E-state index in [4.69, 9.17) is 0 Å². The number of imidazole rings is 1. The van der Waals surface area contributed by atoms with E-state index >= 15 is 0 Å². The molecule has 8 aromatic rings. The van der Waals surface area contributed by atoms with Crippen LogP contribution in [0.15, 0.2) is 126 Å². The molecule has 0 amide bonds. The smallest absolute Gasteiger partial charge is 0.251 e. The maximum atomic E-state index is 2.69. The molecule has 0 saturated heterocycles. The minimum atomic E-state index is -0.0598. The molecule has 0 unspecified atom stereocenters. The molecular formula is C50H42BN3. The first-order chi connectivity index (χ1) is 26.1. The SMILES string of the molecule is Cc1cc2c3c4n(c5cc(C)c(C)cc5n4c2cc1C)-c1cc(C(C)(C)C)cc2c1B3C1=C(C3c4ccccc4C1c1ccccc13)N2c1ccccc1. The number of fused-ring (bicyclic) bond motifs is 8. The monoisotopic (exact) mass is 695 g/mol. The number of aromatic nitrogens is 2. The number of aryl methyl sites for hydroxylation is 4. The first kappa shape index (κ1) is 30.7. The normalized spacial score (nSPS) is 17.8. The predicted molar refractivity (Wildman–Crippen MR) is 227 cm³/mol. The van der Waals surface area contributed by atoms with Crippen LogP contribution in [0.3, 0.4) is 0 Å². The van der Waals surface area contributed by atoms with Crippen LogP contribution < -0.4 is 15.8 Å². The molecule has 4 heteroatoms. The Morgan fingerprint density at radius 1 is 0.537 bits per heavy atom. The largest absolute Gasteiger partial charge is 0.314 e. The van der Waals surface area contributed by atoms with Crippen LogP contribution in [-0.2, 0) is 5.41 Å². The van der Waals surface area contributed by atoms with E-state index in [1.165, 1.54) is 111 Å². The fourth-order valence-electron chi connectivity index (χ4n) is 10.9. The van der Waals surface area contributed by atoms with Crippen molar-refractivity contribution in [2.45, 2.75) is 65.7 Å². The van der Waals surface area contributed by atoms with Crippen molar-refractivity contribution in [2.75, 3.05) is 4.90 Å². The third-order valence-electron chi connectivity index (χ3n) is 13.6. The highest BCUT2D eigenvalue weighted by molar-refractivity contribution is 6.96. The molecule has 4 heterocycles. The second kappa shape index (κ2) is 10.1. The Morgan fingerprint density at radius 3 is 1.70 bits per heavy atom. The molecule has 0 radical (unpaired) electrons. The lowest BCUT2D eigenvalue weighted by molar-refractivity contribution is 0.590. The number of benzene rings is 6. The van der Waals surface area contributed by atoms with Gasteiger partial charge in [0, 0.05) is 34.6 Å². The molecule has 13 rings (SSSR count). The van der Waals surface area contributed by atoms with Crippen LogP contribution in [0.2, 0.25) is 0 Å². The topological polar surface area (TPSA) is 12.6 Å². The van der Waals surface area contributed by atoms with Gasteiger partial charge in [-0.3, -0.25) is 8.97 Å². The van der Waals surface area contributed by atoms with Crippen molar-refractivity contribution in [2.24, 2.45) is 0 Å². The lowest BCUT2D eigenvalue weighted by Gasteiger charge is -2.52. The second-order valence-corrected chi connectivity index (χ2v) is 17.5. The van der Waals surface area contributed by atoms with Crippen LogP contribution in [0.5, 0.6) is 0 Å². The molecule has 0 atom stereocenters. The summed E-state index contributed by atoms with van der Waals surface area (Å²) < 4.78 is 5.28. The zero-order valence-electron chi connectivity index (χ0n) is 32.0. The third-order valence-corrected chi connectivity index (χ3v) is 13.6. The molecular weight excluding hydrogens is 653 g/mol. The average molecular weight is 696 g/mol. The zero-order valence-corrected chi connectivity index (χ0v) is 32.0. The summed E-state index contributed by atoms with van der Waals surface area (Å²) in [4.78, 5) is 2.69. The van der Waals surface area contributed by atoms with E-state index in [1.807, 2.05) is 0 Å². The Kier molecular flexibility index (Phi) is 5.72. The molecule has 2 aliphatic heterocycles. The lowest BCUT2D eigenvalue weighted by Crippen LogP contribution is -2.58. The number of nitrogens with zero attached hydrogens (tertiary/aromatic N) is 3. The van der Waals surface area contributed by atoms with E-state index in [9.17, 15) is 0 Å². The van der Waals surface area contributed by atoms with Gasteiger partial charge in [0.15, 0.2) is 0 Å². The summed E-state index contributed by atoms with van der Waals surface area (Å²) in [5, 5.41) is 1.38. The Labute approximate surface area is 317 Å². The van der Waals surface area contributed by atoms with E-state index in [0.717, 1.165) is 0 Å². The molecule has 3 nitrogen and oxygen atoms in total. The second-order valence-electron chi connectivity index (χ2n) is 17.5. The van der Waals surface area contributed by atoms with Crippen LogP contribution in [0, 0.1) is 27.7 Å². The molecule has 2 aromatic heterocycles. The number of rotatable bonds is 1. The Hall–Kier alpha value is -5.74. The van der Waals surface area contributed by atoms with E-state index < -0.39 is 0 Å². The summed E-state index contributed by atoms with van der Waals surface area (Å²) in [5.41, 5.74) is 27.5. The average Bonchev–Trinajstić information content (AvgIpc) is 3.66. The molecule has 260 valence electrons. The number of hydrogen-bond donors (Lipinski definition) is 0. The summed E-state index contributed by atoms with van der Waals surface area (Å²) in [6.45, 7) is 16.3. The number of anilines is 2. The van der Waals surface area contributed by atoms with Crippen LogP contribution in [0.4, 0.5) is 11.4 Å². The summed E-state index contributed by atoms with van der Waals surface area (Å²) in [6.07, 6.45) is 0.